The van der Waals surface area contributed by atoms with E-state index >= 15 is 0 Å². The molecule has 1 unspecified atom stereocenters. The lowest BCUT2D eigenvalue weighted by atomic mass is 10.4. The molecule has 0 aromatic heterocycles. The van der Waals surface area contributed by atoms with Crippen LogP contribution in [0.2, 0.25) is 0 Å². The quantitative estimate of drug-likeness (QED) is 0.645. The van der Waals surface area contributed by atoms with Crippen molar-refractivity contribution in [3.8, 4) is 0 Å². The fourth-order valence-corrected chi connectivity index (χ4v) is 1.72. The third-order valence-corrected chi connectivity index (χ3v) is 2.18. The first-order valence-corrected chi connectivity index (χ1v) is 4.27. The normalized spacial score (nSPS) is 26.0. The van der Waals surface area contributed by atoms with Crippen molar-refractivity contribution in [1.82, 2.24) is 4.90 Å². The molecular formula is C6H11BrN2O. The second-order valence-corrected chi connectivity index (χ2v) is 3.72. The van der Waals surface area contributed by atoms with Gasteiger partial charge in [0.1, 0.15) is 0 Å². The number of likely N-dealkylation sites (tertiary alicyclic amines) is 1. The van der Waals surface area contributed by atoms with Crippen LogP contribution in [0, 0.1) is 0 Å². The topological polar surface area (TPSA) is 46.3 Å². The summed E-state index contributed by atoms with van der Waals surface area (Å²) in [6.45, 7) is 2.07. The number of nitrogens with zero attached hydrogens (tertiary/aromatic N) is 1. The molecular weight excluding hydrogens is 196 g/mol. The van der Waals surface area contributed by atoms with E-state index in [1.54, 1.807) is 4.90 Å². The second-order valence-electron chi connectivity index (χ2n) is 2.43. The summed E-state index contributed by atoms with van der Waals surface area (Å²) in [5.41, 5.74) is 5.31. The fourth-order valence-electron chi connectivity index (χ4n) is 1.10. The van der Waals surface area contributed by atoms with Crippen LogP contribution in [-0.4, -0.2) is 35.3 Å². The molecule has 10 heavy (non-hydrogen) atoms. The van der Waals surface area contributed by atoms with Gasteiger partial charge in [0.15, 0.2) is 0 Å². The van der Waals surface area contributed by atoms with Gasteiger partial charge in [-0.3, -0.25) is 4.79 Å². The van der Waals surface area contributed by atoms with E-state index < -0.39 is 0 Å². The van der Waals surface area contributed by atoms with Crippen LogP contribution in [0.5, 0.6) is 0 Å². The summed E-state index contributed by atoms with van der Waals surface area (Å²) in [4.78, 5) is 13.1. The third-order valence-electron chi connectivity index (χ3n) is 1.57. The highest BCUT2D eigenvalue weighted by molar-refractivity contribution is 9.09. The van der Waals surface area contributed by atoms with E-state index in [2.05, 4.69) is 15.9 Å². The van der Waals surface area contributed by atoms with E-state index in [9.17, 15) is 4.79 Å². The summed E-state index contributed by atoms with van der Waals surface area (Å²) < 4.78 is 0. The molecule has 0 aromatic carbocycles. The van der Waals surface area contributed by atoms with Gasteiger partial charge in [0.25, 0.3) is 0 Å². The van der Waals surface area contributed by atoms with Crippen LogP contribution < -0.4 is 5.73 Å². The van der Waals surface area contributed by atoms with Gasteiger partial charge in [-0.05, 0) is 0 Å². The standard InChI is InChI=1S/C6H11BrN2O/c7-5-3-6(10)9(4-5)2-1-8/h5H,1-4,8H2. The molecule has 0 aromatic rings. The minimum absolute atomic E-state index is 0.215. The summed E-state index contributed by atoms with van der Waals surface area (Å²) in [6, 6.07) is 0. The zero-order valence-electron chi connectivity index (χ0n) is 5.72. The fraction of sp³-hybridized carbons (Fsp3) is 0.833. The van der Waals surface area contributed by atoms with Crippen LogP contribution >= 0.6 is 15.9 Å². The predicted molar refractivity (Wildman–Crippen MR) is 43.0 cm³/mol. The Morgan fingerprint density at radius 1 is 1.80 bits per heavy atom. The van der Waals surface area contributed by atoms with Gasteiger partial charge in [-0.25, -0.2) is 0 Å². The molecule has 1 atom stereocenters. The molecule has 0 aliphatic carbocycles. The number of rotatable bonds is 2. The van der Waals surface area contributed by atoms with Crippen LogP contribution in [0.4, 0.5) is 0 Å². The molecule has 1 aliphatic heterocycles. The van der Waals surface area contributed by atoms with Gasteiger partial charge in [-0.15, -0.1) is 0 Å². The Kier molecular flexibility index (Phi) is 2.68. The van der Waals surface area contributed by atoms with E-state index in [1.807, 2.05) is 0 Å². The molecule has 1 saturated heterocycles. The molecule has 1 aliphatic rings. The second kappa shape index (κ2) is 3.34. The molecule has 1 rings (SSSR count). The first-order chi connectivity index (χ1) is 4.74. The van der Waals surface area contributed by atoms with Crippen LogP contribution in [0.3, 0.4) is 0 Å². The monoisotopic (exact) mass is 206 g/mol. The Morgan fingerprint density at radius 3 is 2.90 bits per heavy atom. The average Bonchev–Trinajstić information content (AvgIpc) is 2.13. The average molecular weight is 207 g/mol. The molecule has 0 spiro atoms. The van der Waals surface area contributed by atoms with E-state index in [0.29, 0.717) is 24.3 Å². The first-order valence-electron chi connectivity index (χ1n) is 3.36. The predicted octanol–water partition coefficient (Wildman–Crippen LogP) is -0.0591. The first kappa shape index (κ1) is 8.01. The maximum Gasteiger partial charge on any atom is 0.223 e. The van der Waals surface area contributed by atoms with Gasteiger partial charge >= 0.3 is 0 Å². The molecule has 1 fully saturated rings. The van der Waals surface area contributed by atoms with Gasteiger partial charge < -0.3 is 10.6 Å². The van der Waals surface area contributed by atoms with Crippen molar-refractivity contribution in [2.75, 3.05) is 19.6 Å². The Morgan fingerprint density at radius 2 is 2.50 bits per heavy atom. The number of amides is 1. The van der Waals surface area contributed by atoms with Crippen LogP contribution in [-0.2, 0) is 4.79 Å². The van der Waals surface area contributed by atoms with Gasteiger partial charge in [0.2, 0.25) is 5.91 Å². The van der Waals surface area contributed by atoms with Crippen LogP contribution in [0.25, 0.3) is 0 Å². The third kappa shape index (κ3) is 1.70. The largest absolute Gasteiger partial charge is 0.340 e. The van der Waals surface area contributed by atoms with Crippen molar-refractivity contribution in [2.24, 2.45) is 5.73 Å². The number of hydrogen-bond acceptors (Lipinski definition) is 2. The minimum atomic E-state index is 0.215. The lowest BCUT2D eigenvalue weighted by molar-refractivity contribution is -0.127. The molecule has 1 heterocycles. The zero-order valence-corrected chi connectivity index (χ0v) is 7.30. The van der Waals surface area contributed by atoms with Crippen molar-refractivity contribution in [3.63, 3.8) is 0 Å². The smallest absolute Gasteiger partial charge is 0.223 e. The Hall–Kier alpha value is -0.0900. The maximum atomic E-state index is 11.0. The Labute approximate surface area is 68.7 Å². The lowest BCUT2D eigenvalue weighted by Gasteiger charge is -2.13. The highest BCUT2D eigenvalue weighted by atomic mass is 79.9. The minimum Gasteiger partial charge on any atom is -0.340 e. The van der Waals surface area contributed by atoms with E-state index in [0.717, 1.165) is 6.54 Å². The summed E-state index contributed by atoms with van der Waals surface area (Å²) in [5, 5.41) is 0. The number of hydrogen-bond donors (Lipinski definition) is 1. The summed E-state index contributed by atoms with van der Waals surface area (Å²) in [7, 11) is 0. The molecule has 4 heteroatoms. The number of carbonyl (C=O) groups is 1. The molecule has 0 bridgehead atoms. The van der Waals surface area contributed by atoms with Crippen molar-refractivity contribution in [2.45, 2.75) is 11.2 Å². The van der Waals surface area contributed by atoms with Gasteiger partial charge in [-0.1, -0.05) is 15.9 Å². The molecule has 3 nitrogen and oxygen atoms in total. The van der Waals surface area contributed by atoms with Crippen molar-refractivity contribution in [3.05, 3.63) is 0 Å². The van der Waals surface area contributed by atoms with Crippen molar-refractivity contribution < 1.29 is 4.79 Å². The SMILES string of the molecule is NCCN1CC(Br)CC1=O. The van der Waals surface area contributed by atoms with E-state index in [1.165, 1.54) is 0 Å². The highest BCUT2D eigenvalue weighted by Gasteiger charge is 2.26. The molecule has 0 saturated carbocycles. The Balaban J connectivity index is 2.39. The van der Waals surface area contributed by atoms with Crippen molar-refractivity contribution in [1.29, 1.82) is 0 Å². The van der Waals surface area contributed by atoms with Gasteiger partial charge in [0, 0.05) is 30.9 Å². The van der Waals surface area contributed by atoms with E-state index in [-0.39, 0.29) is 5.91 Å². The van der Waals surface area contributed by atoms with Crippen molar-refractivity contribution >= 4 is 21.8 Å². The van der Waals surface area contributed by atoms with Crippen LogP contribution in [0.1, 0.15) is 6.42 Å². The maximum absolute atomic E-state index is 11.0. The van der Waals surface area contributed by atoms with Gasteiger partial charge in [0.05, 0.1) is 0 Å². The Bertz CT molecular complexity index is 140. The lowest BCUT2D eigenvalue weighted by Crippen LogP contribution is -2.30. The number of halogens is 1. The number of nitrogens with two attached hydrogens (primary N) is 1. The highest BCUT2D eigenvalue weighted by Crippen LogP contribution is 2.16. The van der Waals surface area contributed by atoms with E-state index in [4.69, 9.17) is 5.73 Å². The summed E-state index contributed by atoms with van der Waals surface area (Å²) in [6.07, 6.45) is 0.625. The molecule has 2 N–H and O–H groups in total. The molecule has 0 radical (unpaired) electrons. The zero-order chi connectivity index (χ0) is 7.56. The summed E-state index contributed by atoms with van der Waals surface area (Å²) in [5.74, 6) is 0.215. The number of alkyl halides is 1. The molecule has 1 amide bonds. The molecule has 58 valence electrons. The number of carbonyl (C=O) groups excluding carboxylic acids is 1. The summed E-state index contributed by atoms with van der Waals surface area (Å²) >= 11 is 3.39. The van der Waals surface area contributed by atoms with Gasteiger partial charge in [-0.2, -0.15) is 0 Å². The van der Waals surface area contributed by atoms with Crippen LogP contribution in [0.15, 0.2) is 0 Å².